The Bertz CT molecular complexity index is 633. The third-order valence-corrected chi connectivity index (χ3v) is 4.78. The lowest BCUT2D eigenvalue weighted by Gasteiger charge is -2.39. The van der Waals surface area contributed by atoms with Crippen molar-refractivity contribution >= 4 is 0 Å². The highest BCUT2D eigenvalue weighted by Crippen LogP contribution is 2.38. The highest BCUT2D eigenvalue weighted by Gasteiger charge is 2.36. The van der Waals surface area contributed by atoms with Crippen LogP contribution in [0.3, 0.4) is 0 Å². The zero-order valence-electron chi connectivity index (χ0n) is 14.4. The summed E-state index contributed by atoms with van der Waals surface area (Å²) in [6, 6.07) is 18.5. The van der Waals surface area contributed by atoms with Crippen molar-refractivity contribution in [2.45, 2.75) is 38.3 Å². The van der Waals surface area contributed by atoms with E-state index < -0.39 is 5.60 Å². The van der Waals surface area contributed by atoms with Crippen molar-refractivity contribution in [1.29, 1.82) is 0 Å². The molecule has 2 aromatic carbocycles. The van der Waals surface area contributed by atoms with Gasteiger partial charge in [-0.05, 0) is 30.9 Å². The van der Waals surface area contributed by atoms with Crippen molar-refractivity contribution in [3.8, 4) is 5.75 Å². The van der Waals surface area contributed by atoms with E-state index in [2.05, 4.69) is 36.1 Å². The van der Waals surface area contributed by atoms with Crippen molar-refractivity contribution in [2.75, 3.05) is 19.7 Å². The molecule has 1 saturated heterocycles. The molecule has 1 heterocycles. The summed E-state index contributed by atoms with van der Waals surface area (Å²) in [5.41, 5.74) is 1.49. The van der Waals surface area contributed by atoms with Crippen LogP contribution in [-0.2, 0) is 12.1 Å². The molecule has 0 spiro atoms. The van der Waals surface area contributed by atoms with Crippen molar-refractivity contribution < 1.29 is 9.84 Å². The van der Waals surface area contributed by atoms with Gasteiger partial charge in [-0.3, -0.25) is 4.90 Å². The summed E-state index contributed by atoms with van der Waals surface area (Å²) in [6.45, 7) is 5.53. The number of hydrogen-bond acceptors (Lipinski definition) is 3. The molecule has 3 heteroatoms. The zero-order valence-corrected chi connectivity index (χ0v) is 14.4. The van der Waals surface area contributed by atoms with Gasteiger partial charge < -0.3 is 9.84 Å². The van der Waals surface area contributed by atoms with Gasteiger partial charge in [0.25, 0.3) is 0 Å². The third kappa shape index (κ3) is 3.97. The first-order valence-electron chi connectivity index (χ1n) is 8.92. The minimum atomic E-state index is -0.780. The molecule has 0 saturated carbocycles. The van der Waals surface area contributed by atoms with Gasteiger partial charge in [0.05, 0.1) is 12.2 Å². The molecule has 0 radical (unpaired) electrons. The molecule has 1 N–H and O–H groups in total. The van der Waals surface area contributed by atoms with Crippen LogP contribution in [-0.4, -0.2) is 29.7 Å². The molecule has 3 rings (SSSR count). The normalized spacial score (nSPS) is 17.6. The van der Waals surface area contributed by atoms with E-state index in [0.717, 1.165) is 50.2 Å². The highest BCUT2D eigenvalue weighted by atomic mass is 16.5. The average molecular weight is 325 g/mol. The zero-order chi connectivity index (χ0) is 16.8. The summed E-state index contributed by atoms with van der Waals surface area (Å²) < 4.78 is 5.85. The van der Waals surface area contributed by atoms with Crippen LogP contribution >= 0.6 is 0 Å². The quantitative estimate of drug-likeness (QED) is 0.872. The van der Waals surface area contributed by atoms with E-state index >= 15 is 0 Å². The predicted octanol–water partition coefficient (Wildman–Crippen LogP) is 3.96. The summed E-state index contributed by atoms with van der Waals surface area (Å²) >= 11 is 0. The lowest BCUT2D eigenvalue weighted by atomic mass is 9.83. The Morgan fingerprint density at radius 1 is 1.00 bits per heavy atom. The number of para-hydroxylation sites is 1. The Labute approximate surface area is 144 Å². The van der Waals surface area contributed by atoms with E-state index in [1.54, 1.807) is 0 Å². The number of benzene rings is 2. The molecular weight excluding hydrogens is 298 g/mol. The maximum atomic E-state index is 11.2. The molecule has 0 atom stereocenters. The van der Waals surface area contributed by atoms with Crippen LogP contribution in [0.5, 0.6) is 5.75 Å². The number of nitrogens with zero attached hydrogens (tertiary/aromatic N) is 1. The third-order valence-electron chi connectivity index (χ3n) is 4.78. The van der Waals surface area contributed by atoms with Crippen LogP contribution in [0.4, 0.5) is 0 Å². The predicted molar refractivity (Wildman–Crippen MR) is 97.1 cm³/mol. The van der Waals surface area contributed by atoms with Gasteiger partial charge in [0, 0.05) is 25.2 Å². The maximum absolute atomic E-state index is 11.2. The number of aliphatic hydroxyl groups is 1. The van der Waals surface area contributed by atoms with Crippen molar-refractivity contribution in [3.05, 3.63) is 65.7 Å². The summed E-state index contributed by atoms with van der Waals surface area (Å²) in [5, 5.41) is 11.2. The van der Waals surface area contributed by atoms with Gasteiger partial charge in [-0.1, -0.05) is 55.5 Å². The van der Waals surface area contributed by atoms with Crippen LogP contribution < -0.4 is 4.74 Å². The second-order valence-electron chi connectivity index (χ2n) is 6.64. The minimum absolute atomic E-state index is 0.688. The first kappa shape index (κ1) is 17.0. The topological polar surface area (TPSA) is 32.7 Å². The van der Waals surface area contributed by atoms with Gasteiger partial charge in [-0.2, -0.15) is 0 Å². The molecular formula is C21H27NO2. The van der Waals surface area contributed by atoms with E-state index in [1.807, 2.05) is 30.3 Å². The molecule has 0 unspecified atom stereocenters. The van der Waals surface area contributed by atoms with E-state index in [4.69, 9.17) is 4.74 Å². The molecule has 0 bridgehead atoms. The summed E-state index contributed by atoms with van der Waals surface area (Å²) in [6.07, 6.45) is 2.45. The fraction of sp³-hybridized carbons (Fsp3) is 0.429. The molecule has 0 aromatic heterocycles. The van der Waals surface area contributed by atoms with E-state index in [9.17, 15) is 5.11 Å². The molecule has 1 fully saturated rings. The first-order chi connectivity index (χ1) is 11.7. The molecule has 128 valence electrons. The smallest absolute Gasteiger partial charge is 0.125 e. The van der Waals surface area contributed by atoms with Crippen molar-refractivity contribution in [2.24, 2.45) is 0 Å². The number of rotatable bonds is 6. The number of ether oxygens (including phenoxy) is 1. The molecule has 3 nitrogen and oxygen atoms in total. The fourth-order valence-corrected chi connectivity index (χ4v) is 3.38. The Kier molecular flexibility index (Phi) is 5.54. The highest BCUT2D eigenvalue weighted by molar-refractivity contribution is 5.38. The van der Waals surface area contributed by atoms with Gasteiger partial charge in [-0.25, -0.2) is 0 Å². The van der Waals surface area contributed by atoms with Crippen LogP contribution in [0, 0.1) is 0 Å². The number of piperidine rings is 1. The van der Waals surface area contributed by atoms with E-state index in [-0.39, 0.29) is 0 Å². The summed E-state index contributed by atoms with van der Waals surface area (Å²) in [7, 11) is 0. The second-order valence-corrected chi connectivity index (χ2v) is 6.64. The van der Waals surface area contributed by atoms with Crippen molar-refractivity contribution in [1.82, 2.24) is 4.90 Å². The fourth-order valence-electron chi connectivity index (χ4n) is 3.38. The van der Waals surface area contributed by atoms with Gasteiger partial charge in [0.2, 0.25) is 0 Å². The molecule has 2 aromatic rings. The SMILES string of the molecule is CCCOc1ccccc1C1(O)CCN(Cc2ccccc2)CC1. The van der Waals surface area contributed by atoms with Gasteiger partial charge in [0.1, 0.15) is 5.75 Å². The van der Waals surface area contributed by atoms with Crippen LogP contribution in [0.25, 0.3) is 0 Å². The van der Waals surface area contributed by atoms with Crippen LogP contribution in [0.1, 0.15) is 37.3 Å². The Balaban J connectivity index is 1.66. The Morgan fingerprint density at radius 2 is 1.67 bits per heavy atom. The Hall–Kier alpha value is -1.84. The van der Waals surface area contributed by atoms with Crippen LogP contribution in [0.15, 0.2) is 54.6 Å². The lowest BCUT2D eigenvalue weighted by molar-refractivity contribution is -0.0295. The minimum Gasteiger partial charge on any atom is -0.493 e. The van der Waals surface area contributed by atoms with E-state index in [0.29, 0.717) is 6.61 Å². The monoisotopic (exact) mass is 325 g/mol. The molecule has 24 heavy (non-hydrogen) atoms. The van der Waals surface area contributed by atoms with Crippen molar-refractivity contribution in [3.63, 3.8) is 0 Å². The first-order valence-corrected chi connectivity index (χ1v) is 8.92. The standard InChI is InChI=1S/C21H27NO2/c1-2-16-24-20-11-7-6-10-19(20)21(23)12-14-22(15-13-21)17-18-8-4-3-5-9-18/h3-11,23H,2,12-17H2,1H3. The molecule has 0 aliphatic carbocycles. The second kappa shape index (κ2) is 7.82. The van der Waals surface area contributed by atoms with Crippen LogP contribution in [0.2, 0.25) is 0 Å². The lowest BCUT2D eigenvalue weighted by Crippen LogP contribution is -2.42. The summed E-state index contributed by atoms with van der Waals surface area (Å²) in [4.78, 5) is 2.42. The number of hydrogen-bond donors (Lipinski definition) is 1. The largest absolute Gasteiger partial charge is 0.493 e. The molecule has 1 aliphatic rings. The van der Waals surface area contributed by atoms with Gasteiger partial charge in [0.15, 0.2) is 0 Å². The van der Waals surface area contributed by atoms with Gasteiger partial charge >= 0.3 is 0 Å². The number of likely N-dealkylation sites (tertiary alicyclic amines) is 1. The maximum Gasteiger partial charge on any atom is 0.125 e. The average Bonchev–Trinajstić information content (AvgIpc) is 2.63. The van der Waals surface area contributed by atoms with Gasteiger partial charge in [-0.15, -0.1) is 0 Å². The molecule has 1 aliphatic heterocycles. The Morgan fingerprint density at radius 3 is 2.38 bits per heavy atom. The summed E-state index contributed by atoms with van der Waals surface area (Å²) in [5.74, 6) is 0.832. The van der Waals surface area contributed by atoms with E-state index in [1.165, 1.54) is 5.56 Å². The molecule has 0 amide bonds.